The molecule has 0 aromatic heterocycles. The topological polar surface area (TPSA) is 68.5 Å². The van der Waals surface area contributed by atoms with Crippen LogP contribution in [0.4, 0.5) is 15.8 Å². The molecule has 0 aliphatic carbocycles. The molecule has 3 aromatic rings. The molecule has 148 valence electrons. The van der Waals surface area contributed by atoms with Gasteiger partial charge in [0.25, 0.3) is 0 Å². The summed E-state index contributed by atoms with van der Waals surface area (Å²) in [5, 5.41) is 20.7. The van der Waals surface area contributed by atoms with Crippen LogP contribution in [0.15, 0.2) is 77.8 Å². The number of hydrogen-bond acceptors (Lipinski definition) is 4. The first-order chi connectivity index (χ1) is 13.9. The van der Waals surface area contributed by atoms with Crippen LogP contribution in [0.1, 0.15) is 30.5 Å². The average Bonchev–Trinajstić information content (AvgIpc) is 2.72. The van der Waals surface area contributed by atoms with Crippen LogP contribution in [0.2, 0.25) is 0 Å². The van der Waals surface area contributed by atoms with Gasteiger partial charge in [0.1, 0.15) is 5.82 Å². The van der Waals surface area contributed by atoms with Gasteiger partial charge < -0.3 is 15.8 Å². The minimum Gasteiger partial charge on any atom is -0.389 e. The molecule has 4 nitrogen and oxygen atoms in total. The highest BCUT2D eigenvalue weighted by molar-refractivity contribution is 6.14. The normalized spacial score (nSPS) is 11.0. The van der Waals surface area contributed by atoms with Crippen molar-refractivity contribution in [1.29, 1.82) is 5.41 Å². The molecule has 0 atom stereocenters. The number of rotatable bonds is 7. The van der Waals surface area contributed by atoms with Gasteiger partial charge in [0, 0.05) is 29.4 Å². The van der Waals surface area contributed by atoms with E-state index in [-0.39, 0.29) is 12.2 Å². The van der Waals surface area contributed by atoms with Crippen molar-refractivity contribution in [1.82, 2.24) is 0 Å². The zero-order chi connectivity index (χ0) is 20.9. The second-order valence-corrected chi connectivity index (χ2v) is 7.36. The number of aliphatic hydroxyl groups is 1. The zero-order valence-electron chi connectivity index (χ0n) is 16.5. The first kappa shape index (κ1) is 20.4. The lowest BCUT2D eigenvalue weighted by Crippen LogP contribution is -2.30. The molecule has 0 amide bonds. The Bertz CT molecular complexity index is 968. The van der Waals surface area contributed by atoms with Crippen molar-refractivity contribution in [2.75, 3.05) is 11.9 Å². The summed E-state index contributed by atoms with van der Waals surface area (Å²) < 4.78 is 14.5. The van der Waals surface area contributed by atoms with E-state index in [0.29, 0.717) is 11.3 Å². The SMILES string of the molecule is CC(C)(O)CNc1c(F)ccc(N=C(c2ccccc2)c2ccccc2)c1C=N. The maximum atomic E-state index is 14.5. The smallest absolute Gasteiger partial charge is 0.147 e. The van der Waals surface area contributed by atoms with Gasteiger partial charge in [-0.05, 0) is 26.0 Å². The minimum atomic E-state index is -1.02. The van der Waals surface area contributed by atoms with E-state index in [1.807, 2.05) is 60.7 Å². The molecule has 0 spiro atoms. The molecule has 0 unspecified atom stereocenters. The van der Waals surface area contributed by atoms with Crippen LogP contribution in [-0.4, -0.2) is 29.2 Å². The van der Waals surface area contributed by atoms with E-state index in [9.17, 15) is 9.50 Å². The van der Waals surface area contributed by atoms with Crippen molar-refractivity contribution in [2.45, 2.75) is 19.4 Å². The summed E-state index contributed by atoms with van der Waals surface area (Å²) in [4.78, 5) is 4.81. The fourth-order valence-corrected chi connectivity index (χ4v) is 2.92. The maximum Gasteiger partial charge on any atom is 0.147 e. The van der Waals surface area contributed by atoms with Gasteiger partial charge in [-0.25, -0.2) is 9.38 Å². The molecule has 0 bridgehead atoms. The monoisotopic (exact) mass is 389 g/mol. The van der Waals surface area contributed by atoms with E-state index in [1.54, 1.807) is 19.9 Å². The number of nitrogens with zero attached hydrogens (tertiary/aromatic N) is 1. The van der Waals surface area contributed by atoms with Crippen LogP contribution >= 0.6 is 0 Å². The molecule has 29 heavy (non-hydrogen) atoms. The third kappa shape index (κ3) is 5.15. The first-order valence-corrected chi connectivity index (χ1v) is 9.38. The lowest BCUT2D eigenvalue weighted by molar-refractivity contribution is 0.0944. The van der Waals surface area contributed by atoms with E-state index < -0.39 is 11.4 Å². The van der Waals surface area contributed by atoms with E-state index in [1.165, 1.54) is 6.07 Å². The molecule has 0 saturated carbocycles. The van der Waals surface area contributed by atoms with Gasteiger partial charge in [-0.1, -0.05) is 60.7 Å². The summed E-state index contributed by atoms with van der Waals surface area (Å²) in [6.45, 7) is 3.40. The van der Waals surface area contributed by atoms with Gasteiger partial charge in [-0.3, -0.25) is 0 Å². The van der Waals surface area contributed by atoms with Crippen LogP contribution in [0.3, 0.4) is 0 Å². The van der Waals surface area contributed by atoms with Crippen LogP contribution < -0.4 is 5.32 Å². The van der Waals surface area contributed by atoms with Crippen LogP contribution in [0.5, 0.6) is 0 Å². The van der Waals surface area contributed by atoms with E-state index >= 15 is 0 Å². The van der Waals surface area contributed by atoms with Gasteiger partial charge in [-0.2, -0.15) is 0 Å². The van der Waals surface area contributed by atoms with E-state index in [2.05, 4.69) is 5.32 Å². The Balaban J connectivity index is 2.14. The molecule has 3 N–H and O–H groups in total. The van der Waals surface area contributed by atoms with Gasteiger partial charge in [-0.15, -0.1) is 0 Å². The van der Waals surface area contributed by atoms with Crippen molar-refractivity contribution in [3.63, 3.8) is 0 Å². The molecule has 0 aliphatic heterocycles. The predicted molar refractivity (Wildman–Crippen MR) is 117 cm³/mol. The van der Waals surface area contributed by atoms with Gasteiger partial charge in [0.05, 0.1) is 22.7 Å². The molecule has 5 heteroatoms. The summed E-state index contributed by atoms with van der Waals surface area (Å²) in [5.74, 6) is -0.493. The standard InChI is InChI=1S/C24H24FN3O/c1-24(2,29)16-27-23-19(15-26)21(14-13-20(23)25)28-22(17-9-5-3-6-10-17)18-11-7-4-8-12-18/h3-15,26-27,29H,16H2,1-2H3. The minimum absolute atomic E-state index is 0.141. The van der Waals surface area contributed by atoms with Crippen molar-refractivity contribution in [2.24, 2.45) is 4.99 Å². The lowest BCUT2D eigenvalue weighted by Gasteiger charge is -2.20. The van der Waals surface area contributed by atoms with Gasteiger partial charge in [0.2, 0.25) is 0 Å². The maximum absolute atomic E-state index is 14.5. The first-order valence-electron chi connectivity index (χ1n) is 9.38. The number of benzene rings is 3. The summed E-state index contributed by atoms with van der Waals surface area (Å²) in [6.07, 6.45) is 1.09. The van der Waals surface area contributed by atoms with Crippen LogP contribution in [-0.2, 0) is 0 Å². The second kappa shape index (κ2) is 8.80. The van der Waals surface area contributed by atoms with Crippen LogP contribution in [0, 0.1) is 11.2 Å². The van der Waals surface area contributed by atoms with E-state index in [4.69, 9.17) is 10.4 Å². The Morgan fingerprint density at radius 1 is 1.00 bits per heavy atom. The number of anilines is 1. The fourth-order valence-electron chi connectivity index (χ4n) is 2.92. The number of nitrogens with one attached hydrogen (secondary N) is 2. The second-order valence-electron chi connectivity index (χ2n) is 7.36. The van der Waals surface area contributed by atoms with Gasteiger partial charge in [0.15, 0.2) is 0 Å². The summed E-state index contributed by atoms with van der Waals surface area (Å²) in [5.41, 5.74) is 2.51. The molecular weight excluding hydrogens is 365 g/mol. The predicted octanol–water partition coefficient (Wildman–Crippen LogP) is 5.18. The highest BCUT2D eigenvalue weighted by Crippen LogP contribution is 2.30. The average molecular weight is 389 g/mol. The molecule has 0 aliphatic rings. The molecule has 3 aromatic carbocycles. The molecule has 0 radical (unpaired) electrons. The van der Waals surface area contributed by atoms with Crippen molar-refractivity contribution in [3.8, 4) is 0 Å². The fraction of sp³-hybridized carbons (Fsp3) is 0.167. The summed E-state index contributed by atoms with van der Waals surface area (Å²) in [6, 6.07) is 22.4. The highest BCUT2D eigenvalue weighted by Gasteiger charge is 2.17. The summed E-state index contributed by atoms with van der Waals surface area (Å²) >= 11 is 0. The van der Waals surface area contributed by atoms with Crippen molar-refractivity contribution < 1.29 is 9.50 Å². The number of aliphatic imine (C=N–C) groups is 1. The lowest BCUT2D eigenvalue weighted by atomic mass is 10.0. The Labute approximate surface area is 170 Å². The molecule has 0 saturated heterocycles. The molecule has 0 fully saturated rings. The van der Waals surface area contributed by atoms with Crippen molar-refractivity contribution >= 4 is 23.3 Å². The summed E-state index contributed by atoms with van der Waals surface area (Å²) in [7, 11) is 0. The third-order valence-corrected chi connectivity index (χ3v) is 4.34. The Morgan fingerprint density at radius 3 is 2.03 bits per heavy atom. The highest BCUT2D eigenvalue weighted by atomic mass is 19.1. The molecule has 3 rings (SSSR count). The molecule has 0 heterocycles. The largest absolute Gasteiger partial charge is 0.389 e. The van der Waals surface area contributed by atoms with Crippen LogP contribution in [0.25, 0.3) is 0 Å². The Hall–Kier alpha value is -3.31. The molecular formula is C24H24FN3O. The quantitative estimate of drug-likeness (QED) is 0.488. The number of halogens is 1. The third-order valence-electron chi connectivity index (χ3n) is 4.34. The Kier molecular flexibility index (Phi) is 6.20. The van der Waals surface area contributed by atoms with Crippen molar-refractivity contribution in [3.05, 3.63) is 95.3 Å². The Morgan fingerprint density at radius 2 is 1.55 bits per heavy atom. The number of hydrogen-bond donors (Lipinski definition) is 3. The van der Waals surface area contributed by atoms with E-state index in [0.717, 1.165) is 23.1 Å². The van der Waals surface area contributed by atoms with Gasteiger partial charge >= 0.3 is 0 Å². The zero-order valence-corrected chi connectivity index (χ0v) is 16.5.